The molecule has 0 saturated carbocycles. The summed E-state index contributed by atoms with van der Waals surface area (Å²) in [6.45, 7) is 1.91. The largest absolute Gasteiger partial charge is 0.441 e. The average molecular weight is 312 g/mol. The van der Waals surface area contributed by atoms with Gasteiger partial charge in [0.1, 0.15) is 5.52 Å². The average Bonchev–Trinajstić information content (AvgIpc) is 2.88. The number of oxazole rings is 1. The molecule has 2 heterocycles. The number of fused-ring (bicyclic) bond motifs is 1. The Morgan fingerprint density at radius 3 is 2.95 bits per heavy atom. The van der Waals surface area contributed by atoms with E-state index in [1.807, 2.05) is 0 Å². The molecule has 3 rings (SSSR count). The van der Waals surface area contributed by atoms with Crippen LogP contribution in [0, 0.1) is 12.8 Å². The van der Waals surface area contributed by atoms with Gasteiger partial charge in [-0.1, -0.05) is 0 Å². The normalized spacial score (nSPS) is 19.6. The summed E-state index contributed by atoms with van der Waals surface area (Å²) < 4.78 is 39.5. The van der Waals surface area contributed by atoms with Crippen molar-refractivity contribution in [1.82, 2.24) is 4.98 Å². The molecular formula is C13H13FN2O4S. The van der Waals surface area contributed by atoms with Crippen molar-refractivity contribution in [2.45, 2.75) is 13.3 Å². The smallest absolute Gasteiger partial charge is 0.302 e. The summed E-state index contributed by atoms with van der Waals surface area (Å²) in [6.07, 6.45) is 0.0268. The Labute approximate surface area is 120 Å². The van der Waals surface area contributed by atoms with Crippen molar-refractivity contribution < 1.29 is 21.5 Å². The van der Waals surface area contributed by atoms with Crippen LogP contribution in [-0.4, -0.2) is 31.6 Å². The van der Waals surface area contributed by atoms with Crippen molar-refractivity contribution in [3.63, 3.8) is 0 Å². The monoisotopic (exact) mass is 312 g/mol. The van der Waals surface area contributed by atoms with Crippen LogP contribution in [0.2, 0.25) is 0 Å². The number of benzene rings is 1. The highest BCUT2D eigenvalue weighted by atomic mass is 32.3. The summed E-state index contributed by atoms with van der Waals surface area (Å²) in [5.41, 5.74) is 1.85. The molecule has 0 spiro atoms. The zero-order chi connectivity index (χ0) is 15.2. The molecule has 21 heavy (non-hydrogen) atoms. The minimum Gasteiger partial charge on any atom is -0.441 e. The van der Waals surface area contributed by atoms with Crippen LogP contribution in [0.15, 0.2) is 22.6 Å². The number of halogens is 1. The maximum absolute atomic E-state index is 12.7. The Balaban J connectivity index is 1.86. The van der Waals surface area contributed by atoms with E-state index < -0.39 is 21.9 Å². The fourth-order valence-electron chi connectivity index (χ4n) is 2.62. The van der Waals surface area contributed by atoms with E-state index in [1.165, 1.54) is 4.90 Å². The Morgan fingerprint density at radius 2 is 2.24 bits per heavy atom. The molecule has 6 nitrogen and oxygen atoms in total. The van der Waals surface area contributed by atoms with Crippen LogP contribution in [-0.2, 0) is 15.0 Å². The molecule has 1 saturated heterocycles. The number of nitrogens with zero attached hydrogens (tertiary/aromatic N) is 2. The lowest BCUT2D eigenvalue weighted by Crippen LogP contribution is -2.25. The number of hydrogen-bond acceptors (Lipinski definition) is 5. The van der Waals surface area contributed by atoms with Crippen molar-refractivity contribution in [2.24, 2.45) is 5.92 Å². The fraction of sp³-hybridized carbons (Fsp3) is 0.385. The lowest BCUT2D eigenvalue weighted by molar-refractivity contribution is -0.117. The first-order valence-corrected chi connectivity index (χ1v) is 7.97. The number of hydrogen-bond donors (Lipinski definition) is 0. The van der Waals surface area contributed by atoms with Gasteiger partial charge in [0.25, 0.3) is 0 Å². The minimum absolute atomic E-state index is 0.0268. The molecule has 2 aromatic rings. The Bertz CT molecular complexity index is 815. The van der Waals surface area contributed by atoms with Gasteiger partial charge in [-0.15, -0.1) is 3.89 Å². The van der Waals surface area contributed by atoms with E-state index >= 15 is 0 Å². The van der Waals surface area contributed by atoms with Gasteiger partial charge in [0.15, 0.2) is 11.5 Å². The van der Waals surface area contributed by atoms with Crippen LogP contribution in [0.3, 0.4) is 0 Å². The molecule has 1 unspecified atom stereocenters. The molecule has 1 aliphatic heterocycles. The zero-order valence-corrected chi connectivity index (χ0v) is 12.1. The molecule has 112 valence electrons. The topological polar surface area (TPSA) is 80.5 Å². The first-order valence-electron chi connectivity index (χ1n) is 6.42. The predicted molar refractivity (Wildman–Crippen MR) is 74.1 cm³/mol. The summed E-state index contributed by atoms with van der Waals surface area (Å²) in [6, 6.07) is 5.12. The minimum atomic E-state index is -4.57. The molecule has 1 fully saturated rings. The van der Waals surface area contributed by atoms with Gasteiger partial charge < -0.3 is 9.32 Å². The molecular weight excluding hydrogens is 299 g/mol. The molecule has 8 heteroatoms. The van der Waals surface area contributed by atoms with Crippen molar-refractivity contribution in [3.8, 4) is 0 Å². The number of carbonyl (C=O) groups is 1. The predicted octanol–water partition coefficient (Wildman–Crippen LogP) is 1.79. The summed E-state index contributed by atoms with van der Waals surface area (Å²) in [4.78, 5) is 17.6. The molecule has 0 bridgehead atoms. The molecule has 1 amide bonds. The Hall–Kier alpha value is -1.96. The SMILES string of the molecule is Cc1nc2cc(N3CC(CS(=O)(=O)F)CC3=O)ccc2o1. The third-order valence-electron chi connectivity index (χ3n) is 3.43. The van der Waals surface area contributed by atoms with Gasteiger partial charge in [0.05, 0.1) is 5.75 Å². The van der Waals surface area contributed by atoms with Gasteiger partial charge in [0.2, 0.25) is 5.91 Å². The number of aryl methyl sites for hydroxylation is 1. The first kappa shape index (κ1) is 14.0. The van der Waals surface area contributed by atoms with Crippen molar-refractivity contribution in [1.29, 1.82) is 0 Å². The van der Waals surface area contributed by atoms with Crippen LogP contribution >= 0.6 is 0 Å². The van der Waals surface area contributed by atoms with Crippen LogP contribution in [0.5, 0.6) is 0 Å². The van der Waals surface area contributed by atoms with Gasteiger partial charge in [0, 0.05) is 31.5 Å². The number of carbonyl (C=O) groups excluding carboxylic acids is 1. The van der Waals surface area contributed by atoms with Crippen molar-refractivity contribution in [3.05, 3.63) is 24.1 Å². The number of anilines is 1. The molecule has 0 aliphatic carbocycles. The van der Waals surface area contributed by atoms with Gasteiger partial charge in [-0.05, 0) is 18.2 Å². The van der Waals surface area contributed by atoms with E-state index in [9.17, 15) is 17.1 Å². The molecule has 0 radical (unpaired) electrons. The van der Waals surface area contributed by atoms with Gasteiger partial charge in [-0.2, -0.15) is 8.42 Å². The molecule has 0 N–H and O–H groups in total. The molecule has 1 aromatic heterocycles. The first-order chi connectivity index (χ1) is 9.82. The summed E-state index contributed by atoms with van der Waals surface area (Å²) in [5, 5.41) is 0. The van der Waals surface area contributed by atoms with E-state index in [0.29, 0.717) is 22.7 Å². The van der Waals surface area contributed by atoms with Gasteiger partial charge >= 0.3 is 10.2 Å². The van der Waals surface area contributed by atoms with Crippen molar-refractivity contribution >= 4 is 32.9 Å². The van der Waals surface area contributed by atoms with Crippen molar-refractivity contribution in [2.75, 3.05) is 17.2 Å². The van der Waals surface area contributed by atoms with E-state index in [0.717, 1.165) is 0 Å². The van der Waals surface area contributed by atoms with Crippen LogP contribution in [0.25, 0.3) is 11.1 Å². The second kappa shape index (κ2) is 4.80. The fourth-order valence-corrected chi connectivity index (χ4v) is 3.41. The third kappa shape index (κ3) is 2.90. The lowest BCUT2D eigenvalue weighted by Gasteiger charge is -2.16. The van der Waals surface area contributed by atoms with E-state index in [4.69, 9.17) is 4.42 Å². The zero-order valence-electron chi connectivity index (χ0n) is 11.2. The van der Waals surface area contributed by atoms with Gasteiger partial charge in [-0.25, -0.2) is 4.98 Å². The van der Waals surface area contributed by atoms with E-state index in [1.54, 1.807) is 25.1 Å². The van der Waals surface area contributed by atoms with E-state index in [-0.39, 0.29) is 18.9 Å². The maximum Gasteiger partial charge on any atom is 0.302 e. The molecule has 1 atom stereocenters. The summed E-state index contributed by atoms with van der Waals surface area (Å²) in [5.74, 6) is -0.845. The second-order valence-corrected chi connectivity index (χ2v) is 6.58. The lowest BCUT2D eigenvalue weighted by atomic mass is 10.1. The maximum atomic E-state index is 12.7. The quantitative estimate of drug-likeness (QED) is 0.807. The third-order valence-corrected chi connectivity index (χ3v) is 4.30. The highest BCUT2D eigenvalue weighted by molar-refractivity contribution is 7.86. The molecule has 1 aromatic carbocycles. The van der Waals surface area contributed by atoms with Gasteiger partial charge in [-0.3, -0.25) is 4.79 Å². The standard InChI is InChI=1S/C13H13FN2O4S/c1-8-15-11-5-10(2-3-12(11)20-8)16-6-9(4-13(16)17)7-21(14,18)19/h2-3,5,9H,4,6-7H2,1H3. The van der Waals surface area contributed by atoms with Crippen LogP contribution < -0.4 is 4.90 Å². The van der Waals surface area contributed by atoms with Crippen LogP contribution in [0.1, 0.15) is 12.3 Å². The Kier molecular flexibility index (Phi) is 3.20. The number of amides is 1. The van der Waals surface area contributed by atoms with Crippen LogP contribution in [0.4, 0.5) is 9.57 Å². The number of rotatable bonds is 3. The second-order valence-electron chi connectivity index (χ2n) is 5.16. The highest BCUT2D eigenvalue weighted by Gasteiger charge is 2.33. The summed E-state index contributed by atoms with van der Waals surface area (Å²) >= 11 is 0. The molecule has 1 aliphatic rings. The highest BCUT2D eigenvalue weighted by Crippen LogP contribution is 2.29. The Morgan fingerprint density at radius 1 is 1.48 bits per heavy atom. The number of aromatic nitrogens is 1. The summed E-state index contributed by atoms with van der Waals surface area (Å²) in [7, 11) is -4.57. The van der Waals surface area contributed by atoms with E-state index in [2.05, 4.69) is 4.98 Å².